The van der Waals surface area contributed by atoms with Crippen molar-refractivity contribution in [2.45, 2.75) is 18.8 Å². The number of anilines is 1. The third-order valence-corrected chi connectivity index (χ3v) is 7.46. The van der Waals surface area contributed by atoms with Crippen LogP contribution in [0.1, 0.15) is 24.3 Å². The molecule has 0 saturated heterocycles. The number of fused-ring (bicyclic) bond motifs is 1. The minimum atomic E-state index is -3.66. The molecule has 1 saturated carbocycles. The number of benzene rings is 3. The number of furan rings is 1. The summed E-state index contributed by atoms with van der Waals surface area (Å²) in [4.78, 5) is 12.3. The van der Waals surface area contributed by atoms with Crippen LogP contribution in [0.2, 0.25) is 0 Å². The van der Waals surface area contributed by atoms with Crippen molar-refractivity contribution in [2.75, 3.05) is 30.8 Å². The SMILES string of the molecule is CNC(=O)Oc1c(-c2ccc(Oc3ccccc3)cc2)oc2cc(N(CCO)S(C)(=O)=O)c(C3CC3)cc12. The van der Waals surface area contributed by atoms with Gasteiger partial charge in [0, 0.05) is 18.7 Å². The molecule has 5 rings (SSSR count). The molecule has 1 aromatic heterocycles. The molecule has 198 valence electrons. The molecule has 1 fully saturated rings. The first kappa shape index (κ1) is 25.6. The molecular weight excluding hydrogens is 508 g/mol. The van der Waals surface area contributed by atoms with Crippen molar-refractivity contribution in [3.63, 3.8) is 0 Å². The van der Waals surface area contributed by atoms with Crippen molar-refractivity contribution < 1.29 is 32.2 Å². The Bertz CT molecular complexity index is 1560. The minimum absolute atomic E-state index is 0.0813. The molecule has 0 atom stereocenters. The number of amides is 1. The van der Waals surface area contributed by atoms with E-state index in [-0.39, 0.29) is 24.8 Å². The van der Waals surface area contributed by atoms with Crippen LogP contribution in [0.25, 0.3) is 22.3 Å². The Labute approximate surface area is 220 Å². The maximum Gasteiger partial charge on any atom is 0.412 e. The van der Waals surface area contributed by atoms with Crippen molar-refractivity contribution in [1.82, 2.24) is 5.32 Å². The predicted octanol–water partition coefficient (Wildman–Crippen LogP) is 5.25. The Balaban J connectivity index is 1.62. The molecule has 1 aliphatic carbocycles. The van der Waals surface area contributed by atoms with Crippen molar-refractivity contribution in [3.05, 3.63) is 72.3 Å². The minimum Gasteiger partial charge on any atom is -0.457 e. The molecule has 2 N–H and O–H groups in total. The van der Waals surface area contributed by atoms with E-state index in [1.165, 1.54) is 11.4 Å². The number of rotatable bonds is 9. The molecule has 0 radical (unpaired) electrons. The number of carbonyl (C=O) groups is 1. The van der Waals surface area contributed by atoms with Crippen LogP contribution in [-0.2, 0) is 10.0 Å². The molecule has 1 heterocycles. The number of para-hydroxylation sites is 1. The highest BCUT2D eigenvalue weighted by atomic mass is 32.2. The van der Waals surface area contributed by atoms with Crippen molar-refractivity contribution in [2.24, 2.45) is 0 Å². The molecule has 0 bridgehead atoms. The van der Waals surface area contributed by atoms with Crippen LogP contribution in [0.4, 0.5) is 10.5 Å². The number of aliphatic hydroxyl groups excluding tert-OH is 1. The first-order valence-corrected chi connectivity index (χ1v) is 14.0. The third-order valence-electron chi connectivity index (χ3n) is 6.28. The number of nitrogens with one attached hydrogen (secondary N) is 1. The molecule has 4 aromatic rings. The van der Waals surface area contributed by atoms with Gasteiger partial charge in [-0.05, 0) is 66.8 Å². The average Bonchev–Trinajstić information content (AvgIpc) is 3.69. The molecule has 1 aliphatic rings. The van der Waals surface area contributed by atoms with E-state index in [1.807, 2.05) is 36.4 Å². The molecule has 3 aromatic carbocycles. The fraction of sp³-hybridized carbons (Fsp3) is 0.250. The van der Waals surface area contributed by atoms with Gasteiger partial charge in [0.15, 0.2) is 11.5 Å². The molecule has 0 spiro atoms. The number of carbonyl (C=O) groups excluding carboxylic acids is 1. The second-order valence-corrected chi connectivity index (χ2v) is 11.0. The lowest BCUT2D eigenvalue weighted by atomic mass is 10.0. The van der Waals surface area contributed by atoms with Gasteiger partial charge >= 0.3 is 6.09 Å². The molecule has 38 heavy (non-hydrogen) atoms. The molecule has 0 unspecified atom stereocenters. The lowest BCUT2D eigenvalue weighted by Gasteiger charge is -2.24. The van der Waals surface area contributed by atoms with E-state index in [0.717, 1.165) is 24.7 Å². The van der Waals surface area contributed by atoms with Crippen LogP contribution >= 0.6 is 0 Å². The maximum absolute atomic E-state index is 12.6. The zero-order valence-corrected chi connectivity index (χ0v) is 21.8. The van der Waals surface area contributed by atoms with Gasteiger partial charge in [0.2, 0.25) is 10.0 Å². The largest absolute Gasteiger partial charge is 0.457 e. The Kier molecular flexibility index (Phi) is 7.00. The number of hydrogen-bond donors (Lipinski definition) is 2. The number of sulfonamides is 1. The fourth-order valence-electron chi connectivity index (χ4n) is 4.35. The van der Waals surface area contributed by atoms with Gasteiger partial charge in [0.1, 0.15) is 17.1 Å². The number of aliphatic hydroxyl groups is 1. The van der Waals surface area contributed by atoms with E-state index in [0.29, 0.717) is 39.5 Å². The van der Waals surface area contributed by atoms with Crippen molar-refractivity contribution in [3.8, 4) is 28.6 Å². The van der Waals surface area contributed by atoms with Gasteiger partial charge in [0.25, 0.3) is 0 Å². The summed E-state index contributed by atoms with van der Waals surface area (Å²) in [6.07, 6.45) is 2.27. The van der Waals surface area contributed by atoms with Crippen molar-refractivity contribution in [1.29, 1.82) is 0 Å². The van der Waals surface area contributed by atoms with Crippen LogP contribution in [0, 0.1) is 0 Å². The Morgan fingerprint density at radius 3 is 2.37 bits per heavy atom. The summed E-state index contributed by atoms with van der Waals surface area (Å²) in [6.45, 7) is -0.414. The molecule has 1 amide bonds. The second-order valence-electron chi connectivity index (χ2n) is 9.08. The lowest BCUT2D eigenvalue weighted by Crippen LogP contribution is -2.33. The van der Waals surface area contributed by atoms with Crippen LogP contribution < -0.4 is 19.1 Å². The molecule has 0 aliphatic heterocycles. The van der Waals surface area contributed by atoms with E-state index >= 15 is 0 Å². The van der Waals surface area contributed by atoms with E-state index in [2.05, 4.69) is 5.32 Å². The Hall–Kier alpha value is -4.02. The van der Waals surface area contributed by atoms with Gasteiger partial charge in [-0.2, -0.15) is 0 Å². The van der Waals surface area contributed by atoms with Crippen molar-refractivity contribution >= 4 is 32.8 Å². The smallest absolute Gasteiger partial charge is 0.412 e. The van der Waals surface area contributed by atoms with Crippen LogP contribution in [0.5, 0.6) is 17.2 Å². The first-order valence-electron chi connectivity index (χ1n) is 12.2. The number of nitrogens with zero attached hydrogens (tertiary/aromatic N) is 1. The summed E-state index contributed by atoms with van der Waals surface area (Å²) in [5.41, 5.74) is 2.26. The summed E-state index contributed by atoms with van der Waals surface area (Å²) in [6, 6.07) is 20.0. The summed E-state index contributed by atoms with van der Waals surface area (Å²) in [5, 5.41) is 12.6. The highest BCUT2D eigenvalue weighted by molar-refractivity contribution is 7.92. The van der Waals surface area contributed by atoms with Crippen LogP contribution in [0.3, 0.4) is 0 Å². The van der Waals surface area contributed by atoms with Gasteiger partial charge in [-0.25, -0.2) is 13.2 Å². The second kappa shape index (κ2) is 10.4. The maximum atomic E-state index is 12.6. The summed E-state index contributed by atoms with van der Waals surface area (Å²) < 4.78 is 44.1. The third kappa shape index (κ3) is 5.32. The summed E-state index contributed by atoms with van der Waals surface area (Å²) in [7, 11) is -2.20. The van der Waals surface area contributed by atoms with Gasteiger partial charge in [-0.15, -0.1) is 0 Å². The topological polar surface area (TPSA) is 118 Å². The van der Waals surface area contributed by atoms with Crippen LogP contribution in [-0.4, -0.2) is 46.1 Å². The Morgan fingerprint density at radius 1 is 1.08 bits per heavy atom. The standard InChI is InChI=1S/C28H28N2O7S/c1-29-28(32)37-27-23-16-22(18-8-9-18)24(30(14-15-31)38(2,33)34)17-25(23)36-26(27)19-10-12-21(13-11-19)35-20-6-4-3-5-7-20/h3-7,10-13,16-18,31H,8-9,14-15H2,1-2H3,(H,29,32). The fourth-order valence-corrected chi connectivity index (χ4v) is 5.28. The molecular formula is C28H28N2O7S. The predicted molar refractivity (Wildman–Crippen MR) is 145 cm³/mol. The quantitative estimate of drug-likeness (QED) is 0.300. The van der Waals surface area contributed by atoms with Gasteiger partial charge in [0.05, 0.1) is 30.5 Å². The van der Waals surface area contributed by atoms with Crippen LogP contribution in [0.15, 0.2) is 71.1 Å². The lowest BCUT2D eigenvalue weighted by molar-refractivity contribution is 0.203. The molecule has 10 heteroatoms. The highest BCUT2D eigenvalue weighted by Crippen LogP contribution is 2.49. The van der Waals surface area contributed by atoms with Gasteiger partial charge in [-0.1, -0.05) is 18.2 Å². The van der Waals surface area contributed by atoms with Gasteiger partial charge in [-0.3, -0.25) is 4.31 Å². The van der Waals surface area contributed by atoms with E-state index < -0.39 is 16.1 Å². The average molecular weight is 537 g/mol. The Morgan fingerprint density at radius 2 is 1.76 bits per heavy atom. The number of ether oxygens (including phenoxy) is 2. The first-order chi connectivity index (χ1) is 18.3. The van der Waals surface area contributed by atoms with E-state index in [4.69, 9.17) is 13.9 Å². The monoisotopic (exact) mass is 536 g/mol. The summed E-state index contributed by atoms with van der Waals surface area (Å²) >= 11 is 0. The normalized spacial score (nSPS) is 13.3. The number of hydrogen-bond acceptors (Lipinski definition) is 7. The summed E-state index contributed by atoms with van der Waals surface area (Å²) in [5.74, 6) is 2.04. The van der Waals surface area contributed by atoms with E-state index in [9.17, 15) is 18.3 Å². The molecule has 9 nitrogen and oxygen atoms in total. The zero-order chi connectivity index (χ0) is 26.9. The van der Waals surface area contributed by atoms with E-state index in [1.54, 1.807) is 30.3 Å². The van der Waals surface area contributed by atoms with Gasteiger partial charge < -0.3 is 24.3 Å². The highest BCUT2D eigenvalue weighted by Gasteiger charge is 2.32. The zero-order valence-electron chi connectivity index (χ0n) is 21.0.